The number of sulfonamides is 1. The summed E-state index contributed by atoms with van der Waals surface area (Å²) in [6.45, 7) is -0.542. The second-order valence-electron chi connectivity index (χ2n) is 6.38. The quantitative estimate of drug-likeness (QED) is 0.482. The number of hydrogen-bond acceptors (Lipinski definition) is 3. The molecule has 1 N–H and O–H groups in total. The van der Waals surface area contributed by atoms with Crippen molar-refractivity contribution in [2.75, 3.05) is 11.9 Å². The number of amides is 1. The largest absolute Gasteiger partial charge is 0.322 e. The van der Waals surface area contributed by atoms with Crippen molar-refractivity contribution in [3.63, 3.8) is 0 Å². The van der Waals surface area contributed by atoms with Gasteiger partial charge >= 0.3 is 0 Å². The van der Waals surface area contributed by atoms with Crippen molar-refractivity contribution in [1.29, 1.82) is 0 Å². The fourth-order valence-electron chi connectivity index (χ4n) is 2.70. The van der Waals surface area contributed by atoms with Crippen molar-refractivity contribution >= 4 is 49.1 Å². The standard InChI is InChI=1S/C21H17BrClFN2O3S/c22-16-8-11-20(19(24)12-16)25-21(27)14-26(13-15-6-9-17(23)10-7-15)30(28,29)18-4-2-1-3-5-18/h1-12H,13-14H2,(H,25,27). The Morgan fingerprint density at radius 3 is 2.33 bits per heavy atom. The van der Waals surface area contributed by atoms with Crippen LogP contribution < -0.4 is 5.32 Å². The molecule has 0 unspecified atom stereocenters. The molecule has 0 atom stereocenters. The van der Waals surface area contributed by atoms with Gasteiger partial charge in [-0.05, 0) is 48.0 Å². The lowest BCUT2D eigenvalue weighted by Crippen LogP contribution is -2.37. The van der Waals surface area contributed by atoms with Crippen molar-refractivity contribution < 1.29 is 17.6 Å². The van der Waals surface area contributed by atoms with Crippen molar-refractivity contribution in [3.05, 3.63) is 93.7 Å². The van der Waals surface area contributed by atoms with Crippen LogP contribution in [0.4, 0.5) is 10.1 Å². The van der Waals surface area contributed by atoms with E-state index in [-0.39, 0.29) is 17.1 Å². The Bertz CT molecular complexity index is 1140. The Kier molecular flexibility index (Phi) is 7.25. The molecule has 9 heteroatoms. The normalized spacial score (nSPS) is 11.5. The summed E-state index contributed by atoms with van der Waals surface area (Å²) in [6, 6.07) is 18.6. The summed E-state index contributed by atoms with van der Waals surface area (Å²) in [5.74, 6) is -1.29. The van der Waals surface area contributed by atoms with Crippen LogP contribution in [0.3, 0.4) is 0 Å². The lowest BCUT2D eigenvalue weighted by Gasteiger charge is -2.22. The summed E-state index contributed by atoms with van der Waals surface area (Å²) < 4.78 is 41.9. The highest BCUT2D eigenvalue weighted by Gasteiger charge is 2.27. The monoisotopic (exact) mass is 510 g/mol. The van der Waals surface area contributed by atoms with E-state index in [2.05, 4.69) is 21.2 Å². The highest BCUT2D eigenvalue weighted by molar-refractivity contribution is 9.10. The van der Waals surface area contributed by atoms with Gasteiger partial charge in [0.05, 0.1) is 17.1 Å². The molecule has 0 radical (unpaired) electrons. The maximum Gasteiger partial charge on any atom is 0.243 e. The van der Waals surface area contributed by atoms with E-state index < -0.39 is 28.3 Å². The Balaban J connectivity index is 1.86. The molecule has 0 heterocycles. The van der Waals surface area contributed by atoms with Gasteiger partial charge < -0.3 is 5.32 Å². The van der Waals surface area contributed by atoms with E-state index in [1.54, 1.807) is 48.5 Å². The summed E-state index contributed by atoms with van der Waals surface area (Å²) in [6.07, 6.45) is 0. The molecular weight excluding hydrogens is 495 g/mol. The van der Waals surface area contributed by atoms with Crippen molar-refractivity contribution in [2.45, 2.75) is 11.4 Å². The molecule has 0 fully saturated rings. The van der Waals surface area contributed by atoms with E-state index in [0.29, 0.717) is 15.1 Å². The molecule has 0 bridgehead atoms. The third-order valence-corrected chi connectivity index (χ3v) is 6.73. The number of halogens is 3. The molecule has 0 saturated carbocycles. The van der Waals surface area contributed by atoms with Crippen LogP contribution in [0.1, 0.15) is 5.56 Å². The minimum atomic E-state index is -3.98. The highest BCUT2D eigenvalue weighted by atomic mass is 79.9. The van der Waals surface area contributed by atoms with Gasteiger partial charge in [0.15, 0.2) is 0 Å². The molecule has 0 aromatic heterocycles. The number of rotatable bonds is 7. The van der Waals surface area contributed by atoms with Gasteiger partial charge in [0.2, 0.25) is 15.9 Å². The van der Waals surface area contributed by atoms with Crippen LogP contribution in [0.5, 0.6) is 0 Å². The minimum absolute atomic E-state index is 0.0354. The topological polar surface area (TPSA) is 66.5 Å². The number of carbonyl (C=O) groups excluding carboxylic acids is 1. The second kappa shape index (κ2) is 9.70. The number of nitrogens with zero attached hydrogens (tertiary/aromatic N) is 1. The zero-order valence-electron chi connectivity index (χ0n) is 15.6. The number of nitrogens with one attached hydrogen (secondary N) is 1. The predicted octanol–water partition coefficient (Wildman–Crippen LogP) is 5.07. The highest BCUT2D eigenvalue weighted by Crippen LogP contribution is 2.21. The molecule has 0 aliphatic heterocycles. The number of anilines is 1. The number of benzene rings is 3. The van der Waals surface area contributed by atoms with E-state index in [1.807, 2.05) is 0 Å². The molecule has 0 spiro atoms. The van der Waals surface area contributed by atoms with Crippen molar-refractivity contribution in [3.8, 4) is 0 Å². The maximum atomic E-state index is 14.0. The molecule has 0 aliphatic carbocycles. The van der Waals surface area contributed by atoms with Gasteiger partial charge in [-0.1, -0.05) is 57.9 Å². The molecule has 30 heavy (non-hydrogen) atoms. The minimum Gasteiger partial charge on any atom is -0.322 e. The number of carbonyl (C=O) groups is 1. The van der Waals surface area contributed by atoms with Crippen molar-refractivity contribution in [1.82, 2.24) is 4.31 Å². The fourth-order valence-corrected chi connectivity index (χ4v) is 4.57. The second-order valence-corrected chi connectivity index (χ2v) is 9.68. The first-order valence-corrected chi connectivity index (χ1v) is 11.4. The first kappa shape index (κ1) is 22.4. The smallest absolute Gasteiger partial charge is 0.243 e. The molecule has 3 rings (SSSR count). The summed E-state index contributed by atoms with van der Waals surface area (Å²) in [4.78, 5) is 12.6. The van der Waals surface area contributed by atoms with Gasteiger partial charge in [-0.15, -0.1) is 0 Å². The molecule has 3 aromatic rings. The first-order chi connectivity index (χ1) is 14.3. The summed E-state index contributed by atoms with van der Waals surface area (Å²) in [5, 5.41) is 2.94. The van der Waals surface area contributed by atoms with Gasteiger partial charge in [-0.25, -0.2) is 12.8 Å². The van der Waals surface area contributed by atoms with Crippen molar-refractivity contribution in [2.24, 2.45) is 0 Å². The molecular formula is C21H17BrClFN2O3S. The predicted molar refractivity (Wildman–Crippen MR) is 118 cm³/mol. The average Bonchev–Trinajstić information content (AvgIpc) is 2.72. The number of hydrogen-bond donors (Lipinski definition) is 1. The zero-order valence-corrected chi connectivity index (χ0v) is 18.7. The van der Waals surface area contributed by atoms with Crippen LogP contribution in [0.15, 0.2) is 82.2 Å². The van der Waals surface area contributed by atoms with Gasteiger partial charge in [0.1, 0.15) is 5.82 Å². The van der Waals surface area contributed by atoms with Crippen LogP contribution in [0.2, 0.25) is 5.02 Å². The first-order valence-electron chi connectivity index (χ1n) is 8.80. The van der Waals surface area contributed by atoms with Gasteiger partial charge in [-0.2, -0.15) is 4.31 Å². The third-order valence-electron chi connectivity index (χ3n) is 4.18. The van der Waals surface area contributed by atoms with E-state index in [4.69, 9.17) is 11.6 Å². The lowest BCUT2D eigenvalue weighted by atomic mass is 10.2. The Hall–Kier alpha value is -2.26. The van der Waals surface area contributed by atoms with E-state index >= 15 is 0 Å². The Morgan fingerprint density at radius 2 is 1.70 bits per heavy atom. The fraction of sp³-hybridized carbons (Fsp3) is 0.0952. The van der Waals surface area contributed by atoms with Crippen LogP contribution in [-0.2, 0) is 21.4 Å². The van der Waals surface area contributed by atoms with Crippen LogP contribution >= 0.6 is 27.5 Å². The van der Waals surface area contributed by atoms with Crippen LogP contribution in [-0.4, -0.2) is 25.2 Å². The SMILES string of the molecule is O=C(CN(Cc1ccc(Cl)cc1)S(=O)(=O)c1ccccc1)Nc1ccc(Br)cc1F. The third kappa shape index (κ3) is 5.66. The van der Waals surface area contributed by atoms with E-state index in [9.17, 15) is 17.6 Å². The molecule has 5 nitrogen and oxygen atoms in total. The lowest BCUT2D eigenvalue weighted by molar-refractivity contribution is -0.116. The van der Waals surface area contributed by atoms with Crippen LogP contribution in [0.25, 0.3) is 0 Å². The van der Waals surface area contributed by atoms with Gasteiger partial charge in [-0.3, -0.25) is 4.79 Å². The molecule has 0 saturated heterocycles. The zero-order chi connectivity index (χ0) is 21.7. The van der Waals surface area contributed by atoms with E-state index in [1.165, 1.54) is 24.3 Å². The Morgan fingerprint density at radius 1 is 1.03 bits per heavy atom. The molecule has 1 amide bonds. The summed E-state index contributed by atoms with van der Waals surface area (Å²) in [7, 11) is -3.98. The molecule has 3 aromatic carbocycles. The van der Waals surface area contributed by atoms with Crippen LogP contribution in [0, 0.1) is 5.82 Å². The average molecular weight is 512 g/mol. The molecule has 0 aliphatic rings. The van der Waals surface area contributed by atoms with E-state index in [0.717, 1.165) is 4.31 Å². The van der Waals surface area contributed by atoms with Gasteiger partial charge in [0.25, 0.3) is 0 Å². The summed E-state index contributed by atoms with van der Waals surface area (Å²) >= 11 is 9.05. The van der Waals surface area contributed by atoms with Gasteiger partial charge in [0, 0.05) is 16.0 Å². The summed E-state index contributed by atoms with van der Waals surface area (Å²) in [5.41, 5.74) is 0.619. The molecule has 156 valence electrons. The Labute approximate surface area is 187 Å². The maximum absolute atomic E-state index is 14.0.